The number of hydrogen-bond acceptors (Lipinski definition) is 3. The van der Waals surface area contributed by atoms with Crippen LogP contribution >= 0.6 is 0 Å². The van der Waals surface area contributed by atoms with E-state index >= 15 is 0 Å². The molecule has 0 aromatic heterocycles. The van der Waals surface area contributed by atoms with Crippen molar-refractivity contribution in [3.8, 4) is 0 Å². The largest absolute Gasteiger partial charge is 0.382 e. The minimum atomic E-state index is -0.412. The molecule has 26 heavy (non-hydrogen) atoms. The summed E-state index contributed by atoms with van der Waals surface area (Å²) in [5, 5.41) is 16.0. The number of carbonyl (C=O) groups excluding carboxylic acids is 2. The van der Waals surface area contributed by atoms with Gasteiger partial charge in [-0.25, -0.2) is 0 Å². The number of quaternary nitrogens is 2. The Hall–Kier alpha value is -1.70. The fourth-order valence-electron chi connectivity index (χ4n) is 2.96. The molecule has 0 aliphatic heterocycles. The molecule has 0 unspecified atom stereocenters. The first-order valence-electron chi connectivity index (χ1n) is 9.14. The maximum atomic E-state index is 11.1. The summed E-state index contributed by atoms with van der Waals surface area (Å²) in [5.41, 5.74) is 0. The second-order valence-corrected chi connectivity index (χ2v) is 8.04. The molecule has 0 rings (SSSR count). The number of amides is 2. The van der Waals surface area contributed by atoms with Gasteiger partial charge in [0.2, 0.25) is 11.8 Å². The van der Waals surface area contributed by atoms with Crippen LogP contribution in [0.4, 0.5) is 0 Å². The smallest absolute Gasteiger partial charge is 0.243 e. The molecule has 3 N–H and O–H groups in total. The first-order chi connectivity index (χ1) is 12.0. The van der Waals surface area contributed by atoms with Crippen molar-refractivity contribution < 1.29 is 23.7 Å². The molecule has 0 radical (unpaired) electrons. The van der Waals surface area contributed by atoms with Crippen molar-refractivity contribution in [2.75, 3.05) is 67.5 Å². The standard InChI is InChI=1S/C19H36N4O3/c1-7-18(25)20-11-9-13-22(3,4)15-17(24)16-23(5,6)14-10-12-21-19(26)8-2/h7-8,17,24H,1-2,9-16H2,3-6H3/p+2. The predicted molar refractivity (Wildman–Crippen MR) is 105 cm³/mol. The van der Waals surface area contributed by atoms with E-state index in [0.29, 0.717) is 35.1 Å². The molecule has 0 aliphatic carbocycles. The van der Waals surface area contributed by atoms with Gasteiger partial charge in [0.05, 0.1) is 41.3 Å². The maximum absolute atomic E-state index is 11.1. The number of aliphatic hydroxyl groups excluding tert-OH is 1. The minimum Gasteiger partial charge on any atom is -0.382 e. The highest BCUT2D eigenvalue weighted by Gasteiger charge is 2.26. The van der Waals surface area contributed by atoms with E-state index < -0.39 is 6.10 Å². The number of nitrogens with one attached hydrogen (secondary N) is 2. The predicted octanol–water partition coefficient (Wildman–Crippen LogP) is -0.115. The van der Waals surface area contributed by atoms with Gasteiger partial charge in [-0.2, -0.15) is 0 Å². The van der Waals surface area contributed by atoms with Crippen molar-refractivity contribution in [1.82, 2.24) is 10.6 Å². The molecule has 0 saturated carbocycles. The van der Waals surface area contributed by atoms with Crippen LogP contribution in [0.3, 0.4) is 0 Å². The first kappa shape index (κ1) is 24.3. The quantitative estimate of drug-likeness (QED) is 0.227. The highest BCUT2D eigenvalue weighted by Crippen LogP contribution is 2.07. The topological polar surface area (TPSA) is 78.4 Å². The summed E-state index contributed by atoms with van der Waals surface area (Å²) in [6, 6.07) is 0. The van der Waals surface area contributed by atoms with Crippen molar-refractivity contribution in [3.63, 3.8) is 0 Å². The Morgan fingerprint density at radius 3 is 1.54 bits per heavy atom. The zero-order valence-corrected chi connectivity index (χ0v) is 17.0. The molecule has 7 nitrogen and oxygen atoms in total. The highest BCUT2D eigenvalue weighted by molar-refractivity contribution is 5.87. The van der Waals surface area contributed by atoms with Crippen molar-refractivity contribution in [2.24, 2.45) is 0 Å². The van der Waals surface area contributed by atoms with Crippen molar-refractivity contribution in [3.05, 3.63) is 25.3 Å². The molecule has 0 atom stereocenters. The van der Waals surface area contributed by atoms with Crippen LogP contribution in [0.5, 0.6) is 0 Å². The normalized spacial score (nSPS) is 11.9. The van der Waals surface area contributed by atoms with Gasteiger partial charge in [-0.1, -0.05) is 13.2 Å². The third-order valence-electron chi connectivity index (χ3n) is 4.26. The second kappa shape index (κ2) is 11.8. The Labute approximate surface area is 158 Å². The van der Waals surface area contributed by atoms with Gasteiger partial charge in [-0.15, -0.1) is 0 Å². The maximum Gasteiger partial charge on any atom is 0.243 e. The van der Waals surface area contributed by atoms with E-state index in [1.165, 1.54) is 12.2 Å². The van der Waals surface area contributed by atoms with Crippen LogP contribution in [0.25, 0.3) is 0 Å². The summed E-state index contributed by atoms with van der Waals surface area (Å²) in [6.45, 7) is 11.1. The molecule has 0 spiro atoms. The van der Waals surface area contributed by atoms with Gasteiger partial charge in [0.15, 0.2) is 6.10 Å². The van der Waals surface area contributed by atoms with E-state index in [1.807, 2.05) is 0 Å². The third-order valence-corrected chi connectivity index (χ3v) is 4.26. The molecule has 0 aromatic carbocycles. The van der Waals surface area contributed by atoms with Crippen molar-refractivity contribution >= 4 is 11.8 Å². The average molecular weight is 371 g/mol. The molecule has 0 bridgehead atoms. The molecule has 0 aliphatic rings. The summed E-state index contributed by atoms with van der Waals surface area (Å²) in [4.78, 5) is 22.3. The number of carbonyl (C=O) groups is 2. The average Bonchev–Trinajstić information content (AvgIpc) is 2.53. The lowest BCUT2D eigenvalue weighted by atomic mass is 10.2. The van der Waals surface area contributed by atoms with Gasteiger partial charge in [0.1, 0.15) is 13.1 Å². The van der Waals surface area contributed by atoms with E-state index in [9.17, 15) is 14.7 Å². The van der Waals surface area contributed by atoms with Gasteiger partial charge in [-0.3, -0.25) is 9.59 Å². The summed E-state index contributed by atoms with van der Waals surface area (Å²) in [5.74, 6) is -0.308. The summed E-state index contributed by atoms with van der Waals surface area (Å²) in [7, 11) is 8.35. The number of rotatable bonds is 14. The van der Waals surface area contributed by atoms with E-state index in [4.69, 9.17) is 0 Å². The molecular formula is C19H38N4O3+2. The fourth-order valence-corrected chi connectivity index (χ4v) is 2.96. The van der Waals surface area contributed by atoms with Crippen LogP contribution < -0.4 is 10.6 Å². The van der Waals surface area contributed by atoms with Gasteiger partial charge >= 0.3 is 0 Å². The Balaban J connectivity index is 4.15. The van der Waals surface area contributed by atoms with Gasteiger partial charge in [-0.05, 0) is 12.2 Å². The van der Waals surface area contributed by atoms with E-state index in [-0.39, 0.29) is 11.8 Å². The first-order valence-corrected chi connectivity index (χ1v) is 9.14. The van der Waals surface area contributed by atoms with Crippen LogP contribution in [0.15, 0.2) is 25.3 Å². The van der Waals surface area contributed by atoms with Crippen LogP contribution in [-0.4, -0.2) is 99.5 Å². The Morgan fingerprint density at radius 2 is 1.23 bits per heavy atom. The molecule has 0 heterocycles. The van der Waals surface area contributed by atoms with Gasteiger partial charge in [0, 0.05) is 25.9 Å². The number of aliphatic hydroxyl groups is 1. The SMILES string of the molecule is C=CC(=O)NCCC[N+](C)(C)CC(O)C[N+](C)(C)CCCNC(=O)C=C. The van der Waals surface area contributed by atoms with Gasteiger partial charge in [0.25, 0.3) is 0 Å². The van der Waals surface area contributed by atoms with Crippen molar-refractivity contribution in [2.45, 2.75) is 18.9 Å². The lowest BCUT2D eigenvalue weighted by Gasteiger charge is -2.36. The lowest BCUT2D eigenvalue weighted by Crippen LogP contribution is -2.53. The number of nitrogens with zero attached hydrogens (tertiary/aromatic N) is 2. The zero-order valence-electron chi connectivity index (χ0n) is 17.0. The van der Waals surface area contributed by atoms with E-state index in [1.54, 1.807) is 0 Å². The van der Waals surface area contributed by atoms with Crippen molar-refractivity contribution in [1.29, 1.82) is 0 Å². The van der Waals surface area contributed by atoms with Crippen LogP contribution in [0, 0.1) is 0 Å². The molecule has 0 fully saturated rings. The number of hydrogen-bond donors (Lipinski definition) is 3. The van der Waals surface area contributed by atoms with Crippen LogP contribution in [0.2, 0.25) is 0 Å². The summed E-state index contributed by atoms with van der Waals surface area (Å²) in [6.07, 6.45) is 3.82. The summed E-state index contributed by atoms with van der Waals surface area (Å²) < 4.78 is 1.39. The Kier molecular flexibility index (Phi) is 11.1. The molecule has 7 heteroatoms. The lowest BCUT2D eigenvalue weighted by molar-refractivity contribution is -0.914. The minimum absolute atomic E-state index is 0.154. The van der Waals surface area contributed by atoms with Crippen LogP contribution in [-0.2, 0) is 9.59 Å². The molecular weight excluding hydrogens is 332 g/mol. The van der Waals surface area contributed by atoms with Crippen LogP contribution in [0.1, 0.15) is 12.8 Å². The molecule has 0 aromatic rings. The monoisotopic (exact) mass is 370 g/mol. The summed E-state index contributed by atoms with van der Waals surface area (Å²) >= 11 is 0. The van der Waals surface area contributed by atoms with E-state index in [0.717, 1.165) is 25.9 Å². The Morgan fingerprint density at radius 1 is 0.885 bits per heavy atom. The van der Waals surface area contributed by atoms with Gasteiger partial charge < -0.3 is 24.7 Å². The highest BCUT2D eigenvalue weighted by atomic mass is 16.3. The third kappa shape index (κ3) is 12.6. The van der Waals surface area contributed by atoms with E-state index in [2.05, 4.69) is 52.0 Å². The molecule has 2 amide bonds. The zero-order chi connectivity index (χ0) is 20.2. The molecule has 0 saturated heterocycles. The fraction of sp³-hybridized carbons (Fsp3) is 0.684. The second-order valence-electron chi connectivity index (χ2n) is 8.04. The molecule has 150 valence electrons. The Bertz CT molecular complexity index is 433. The number of likely N-dealkylation sites (N-methyl/N-ethyl adjacent to an activating group) is 2.